The predicted molar refractivity (Wildman–Crippen MR) is 127 cm³/mol. The Kier molecular flexibility index (Phi) is 6.59. The van der Waals surface area contributed by atoms with Gasteiger partial charge >= 0.3 is 0 Å². The summed E-state index contributed by atoms with van der Waals surface area (Å²) in [5.41, 5.74) is 4.34. The maximum absolute atomic E-state index is 11.0. The normalized spacial score (nSPS) is 12.2. The molecular weight excluding hydrogens is 387 g/mol. The van der Waals surface area contributed by atoms with Gasteiger partial charge in [-0.2, -0.15) is 0 Å². The van der Waals surface area contributed by atoms with E-state index in [9.17, 15) is 5.11 Å². The van der Waals surface area contributed by atoms with Gasteiger partial charge in [0.25, 0.3) is 0 Å². The minimum absolute atomic E-state index is 0.460. The molecule has 150 valence electrons. The molecule has 0 heterocycles. The van der Waals surface area contributed by atoms with Gasteiger partial charge in [-0.15, -0.1) is 0 Å². The van der Waals surface area contributed by atoms with Crippen molar-refractivity contribution in [1.29, 1.82) is 0 Å². The second-order valence-corrected chi connectivity index (χ2v) is 8.50. The first kappa shape index (κ1) is 20.3. The molecule has 2 nitrogen and oxygen atoms in total. The fraction of sp³-hybridized carbons (Fsp3) is 0.111. The number of hydrogen-bond acceptors (Lipinski definition) is 2. The van der Waals surface area contributed by atoms with Crippen LogP contribution < -0.4 is 15.3 Å². The van der Waals surface area contributed by atoms with Crippen molar-refractivity contribution in [3.05, 3.63) is 125 Å². The molecule has 4 aromatic rings. The second-order valence-electron chi connectivity index (χ2n) is 7.17. The summed E-state index contributed by atoms with van der Waals surface area (Å²) < 4.78 is 5.54. The third kappa shape index (κ3) is 4.62. The molecule has 3 heteroatoms. The molecule has 4 aromatic carbocycles. The maximum atomic E-state index is 11.0. The number of hydrogen-bond donors (Lipinski definition) is 1. The lowest BCUT2D eigenvalue weighted by Crippen LogP contribution is -2.15. The van der Waals surface area contributed by atoms with Crippen LogP contribution in [0.4, 0.5) is 0 Å². The molecule has 0 fully saturated rings. The maximum Gasteiger partial charge on any atom is 0.122 e. The summed E-state index contributed by atoms with van der Waals surface area (Å²) in [6, 6.07) is 34.8. The zero-order valence-corrected chi connectivity index (χ0v) is 18.0. The van der Waals surface area contributed by atoms with E-state index in [0.717, 1.165) is 23.3 Å². The Morgan fingerprint density at radius 2 is 1.30 bits per heavy atom. The number of aliphatic hydroxyl groups excluding tert-OH is 1. The molecule has 0 bridgehead atoms. The minimum atomic E-state index is -0.628. The van der Waals surface area contributed by atoms with Crippen molar-refractivity contribution in [2.24, 2.45) is 0 Å². The van der Waals surface area contributed by atoms with Gasteiger partial charge in [-0.05, 0) is 38.9 Å². The van der Waals surface area contributed by atoms with Gasteiger partial charge < -0.3 is 9.84 Å². The lowest BCUT2D eigenvalue weighted by Gasteiger charge is -2.18. The number of methoxy groups -OCH3 is 1. The zero-order valence-electron chi connectivity index (χ0n) is 17.0. The van der Waals surface area contributed by atoms with E-state index in [1.54, 1.807) is 7.11 Å². The summed E-state index contributed by atoms with van der Waals surface area (Å²) in [4.78, 5) is 0. The average molecular weight is 412 g/mol. The smallest absolute Gasteiger partial charge is 0.122 e. The van der Waals surface area contributed by atoms with Gasteiger partial charge in [-0.3, -0.25) is 0 Å². The Morgan fingerprint density at radius 3 is 2.07 bits per heavy atom. The summed E-state index contributed by atoms with van der Waals surface area (Å²) in [6.07, 6.45) is 0.188. The first-order valence-electron chi connectivity index (χ1n) is 10.0. The molecule has 30 heavy (non-hydrogen) atoms. The summed E-state index contributed by atoms with van der Waals surface area (Å²) >= 11 is 0. The van der Waals surface area contributed by atoms with Crippen LogP contribution in [0.25, 0.3) is 0 Å². The Labute approximate surface area is 180 Å². The highest BCUT2D eigenvalue weighted by atomic mass is 31.1. The highest BCUT2D eigenvalue weighted by Crippen LogP contribution is 2.27. The first-order chi connectivity index (χ1) is 14.8. The van der Waals surface area contributed by atoms with Crippen molar-refractivity contribution in [2.45, 2.75) is 12.5 Å². The van der Waals surface area contributed by atoms with E-state index in [2.05, 4.69) is 36.4 Å². The van der Waals surface area contributed by atoms with Crippen LogP contribution in [0.3, 0.4) is 0 Å². The van der Waals surface area contributed by atoms with Gasteiger partial charge in [0, 0.05) is 6.42 Å². The Morgan fingerprint density at radius 1 is 0.700 bits per heavy atom. The van der Waals surface area contributed by atoms with E-state index in [4.69, 9.17) is 4.74 Å². The summed E-state index contributed by atoms with van der Waals surface area (Å²) in [5.74, 6) is 0.913. The van der Waals surface area contributed by atoms with Crippen molar-refractivity contribution in [1.82, 2.24) is 0 Å². The largest absolute Gasteiger partial charge is 0.496 e. The number of para-hydroxylation sites is 1. The fourth-order valence-corrected chi connectivity index (χ4v) is 5.01. The van der Waals surface area contributed by atoms with Crippen molar-refractivity contribution < 1.29 is 9.84 Å². The molecule has 0 amide bonds. The van der Waals surface area contributed by atoms with Crippen LogP contribution in [0, 0.1) is 0 Å². The highest BCUT2D eigenvalue weighted by Gasteiger charge is 2.15. The molecule has 0 saturated heterocycles. The Balaban J connectivity index is 1.65. The third-order valence-corrected chi connectivity index (χ3v) is 6.71. The van der Waals surface area contributed by atoms with Gasteiger partial charge in [0.2, 0.25) is 0 Å². The molecule has 1 unspecified atom stereocenters. The van der Waals surface area contributed by atoms with Gasteiger partial charge in [0.15, 0.2) is 0 Å². The van der Waals surface area contributed by atoms with E-state index in [-0.39, 0.29) is 0 Å². The monoisotopic (exact) mass is 412 g/mol. The molecule has 0 aliphatic heterocycles. The lowest BCUT2D eigenvalue weighted by molar-refractivity contribution is 0.221. The zero-order chi connectivity index (χ0) is 20.8. The lowest BCUT2D eigenvalue weighted by atomic mass is 10.0. The molecule has 0 spiro atoms. The molecule has 0 aliphatic carbocycles. The van der Waals surface area contributed by atoms with Crippen molar-refractivity contribution in [3.8, 4) is 5.75 Å². The number of benzene rings is 4. The standard InChI is InChI=1S/C27H25O2P/c1-29-24-16-8-5-13-21(24)19-22-14-6-9-17-25(22)30-26-18-10-7-15-23(26)27(28)20-11-3-2-4-12-20/h2-18,27-28,30H,19H2,1H3/t27-/m1/s1. The van der Waals surface area contributed by atoms with E-state index < -0.39 is 6.10 Å². The van der Waals surface area contributed by atoms with Crippen LogP contribution in [-0.2, 0) is 6.42 Å². The fourth-order valence-electron chi connectivity index (χ4n) is 3.66. The van der Waals surface area contributed by atoms with Crippen molar-refractivity contribution >= 4 is 19.2 Å². The van der Waals surface area contributed by atoms with Gasteiger partial charge in [0.05, 0.1) is 7.11 Å². The molecule has 2 atom stereocenters. The van der Waals surface area contributed by atoms with Crippen LogP contribution in [0.1, 0.15) is 28.4 Å². The molecule has 0 aliphatic rings. The summed E-state index contributed by atoms with van der Waals surface area (Å²) in [5, 5.41) is 13.5. The Bertz CT molecular complexity index is 1110. The molecular formula is C27H25O2P. The Hall–Kier alpha value is -2.93. The molecule has 1 N–H and O–H groups in total. The SMILES string of the molecule is COc1ccccc1Cc1ccccc1Pc1ccccc1[C@H](O)c1ccccc1. The average Bonchev–Trinajstić information content (AvgIpc) is 2.81. The molecule has 4 rings (SSSR count). The van der Waals surface area contributed by atoms with Crippen LogP contribution in [0.5, 0.6) is 5.75 Å². The molecule has 0 aromatic heterocycles. The van der Waals surface area contributed by atoms with Gasteiger partial charge in [-0.25, -0.2) is 0 Å². The molecule has 0 radical (unpaired) electrons. The van der Waals surface area contributed by atoms with Gasteiger partial charge in [-0.1, -0.05) is 106 Å². The predicted octanol–water partition coefficient (Wildman–Crippen LogP) is 5.00. The number of rotatable bonds is 7. The van der Waals surface area contributed by atoms with Crippen molar-refractivity contribution in [3.63, 3.8) is 0 Å². The van der Waals surface area contributed by atoms with Gasteiger partial charge in [0.1, 0.15) is 11.9 Å². The van der Waals surface area contributed by atoms with E-state index in [1.807, 2.05) is 66.7 Å². The van der Waals surface area contributed by atoms with E-state index in [1.165, 1.54) is 21.7 Å². The summed E-state index contributed by atoms with van der Waals surface area (Å²) in [6.45, 7) is 0. The first-order valence-corrected chi connectivity index (χ1v) is 11.0. The molecule has 0 saturated carbocycles. The number of ether oxygens (including phenoxy) is 1. The van der Waals surface area contributed by atoms with Crippen LogP contribution >= 0.6 is 8.58 Å². The summed E-state index contributed by atoms with van der Waals surface area (Å²) in [7, 11) is 2.18. The second kappa shape index (κ2) is 9.71. The van der Waals surface area contributed by atoms with Crippen LogP contribution in [0.15, 0.2) is 103 Å². The van der Waals surface area contributed by atoms with E-state index >= 15 is 0 Å². The quantitative estimate of drug-likeness (QED) is 0.433. The van der Waals surface area contributed by atoms with Crippen LogP contribution in [0.2, 0.25) is 0 Å². The topological polar surface area (TPSA) is 29.5 Å². The minimum Gasteiger partial charge on any atom is -0.496 e. The van der Waals surface area contributed by atoms with Crippen molar-refractivity contribution in [2.75, 3.05) is 7.11 Å². The number of aliphatic hydroxyl groups is 1. The highest BCUT2D eigenvalue weighted by molar-refractivity contribution is 7.55. The van der Waals surface area contributed by atoms with E-state index in [0.29, 0.717) is 8.58 Å². The van der Waals surface area contributed by atoms with Crippen LogP contribution in [-0.4, -0.2) is 12.2 Å². The third-order valence-electron chi connectivity index (χ3n) is 5.23.